The van der Waals surface area contributed by atoms with Crippen molar-refractivity contribution in [1.82, 2.24) is 0 Å². The molecule has 1 aromatic carbocycles. The SMILES string of the molecule is COCCOCCOc1c(Cl)cc(OCC=C(Cl)Cl)cc1Cl. The van der Waals surface area contributed by atoms with Gasteiger partial charge in [0.25, 0.3) is 0 Å². The van der Waals surface area contributed by atoms with Crippen molar-refractivity contribution in [1.29, 1.82) is 0 Å². The second kappa shape index (κ2) is 11.2. The van der Waals surface area contributed by atoms with Gasteiger partial charge < -0.3 is 18.9 Å². The predicted molar refractivity (Wildman–Crippen MR) is 89.9 cm³/mol. The van der Waals surface area contributed by atoms with Crippen LogP contribution in [0, 0.1) is 0 Å². The van der Waals surface area contributed by atoms with Gasteiger partial charge in [0.15, 0.2) is 5.75 Å². The van der Waals surface area contributed by atoms with Gasteiger partial charge in [-0.25, -0.2) is 0 Å². The molecular weight excluding hydrogens is 374 g/mol. The Morgan fingerprint density at radius 2 is 1.64 bits per heavy atom. The van der Waals surface area contributed by atoms with Crippen LogP contribution in [0.15, 0.2) is 22.7 Å². The van der Waals surface area contributed by atoms with E-state index >= 15 is 0 Å². The highest BCUT2D eigenvalue weighted by Crippen LogP contribution is 2.36. The third kappa shape index (κ3) is 7.77. The van der Waals surface area contributed by atoms with Crippen LogP contribution in [0.25, 0.3) is 0 Å². The highest BCUT2D eigenvalue weighted by molar-refractivity contribution is 6.55. The second-order valence-electron chi connectivity index (χ2n) is 3.97. The molecule has 0 saturated carbocycles. The molecule has 0 fully saturated rings. The Balaban J connectivity index is 2.49. The zero-order chi connectivity index (χ0) is 16.4. The number of benzene rings is 1. The van der Waals surface area contributed by atoms with Crippen molar-refractivity contribution in [3.8, 4) is 11.5 Å². The molecule has 0 radical (unpaired) electrons. The maximum Gasteiger partial charge on any atom is 0.156 e. The van der Waals surface area contributed by atoms with Crippen molar-refractivity contribution >= 4 is 46.4 Å². The molecule has 0 atom stereocenters. The largest absolute Gasteiger partial charge is 0.489 e. The maximum atomic E-state index is 6.12. The monoisotopic (exact) mass is 388 g/mol. The van der Waals surface area contributed by atoms with Gasteiger partial charge in [-0.2, -0.15) is 0 Å². The fourth-order valence-corrected chi connectivity index (χ4v) is 2.11. The summed E-state index contributed by atoms with van der Waals surface area (Å²) < 4.78 is 21.2. The summed E-state index contributed by atoms with van der Waals surface area (Å²) >= 11 is 23.2. The van der Waals surface area contributed by atoms with Gasteiger partial charge in [-0.1, -0.05) is 46.4 Å². The van der Waals surface area contributed by atoms with Crippen molar-refractivity contribution in [3.63, 3.8) is 0 Å². The Morgan fingerprint density at radius 3 is 2.23 bits per heavy atom. The molecule has 0 amide bonds. The molecule has 1 aromatic rings. The quantitative estimate of drug-likeness (QED) is 0.542. The van der Waals surface area contributed by atoms with Crippen LogP contribution in [0.1, 0.15) is 0 Å². The minimum Gasteiger partial charge on any atom is -0.489 e. The van der Waals surface area contributed by atoms with Crippen molar-refractivity contribution in [2.24, 2.45) is 0 Å². The molecule has 0 heterocycles. The molecule has 0 unspecified atom stereocenters. The minimum absolute atomic E-state index is 0.130. The van der Waals surface area contributed by atoms with E-state index in [0.29, 0.717) is 48.0 Å². The summed E-state index contributed by atoms with van der Waals surface area (Å²) in [5.41, 5.74) is 0. The first-order valence-electron chi connectivity index (χ1n) is 6.37. The fourth-order valence-electron chi connectivity index (χ4n) is 1.41. The summed E-state index contributed by atoms with van der Waals surface area (Å²) in [7, 11) is 1.61. The molecule has 0 bridgehead atoms. The van der Waals surface area contributed by atoms with Crippen LogP contribution >= 0.6 is 46.4 Å². The molecule has 22 heavy (non-hydrogen) atoms. The van der Waals surface area contributed by atoms with E-state index in [1.807, 2.05) is 0 Å². The summed E-state index contributed by atoms with van der Waals surface area (Å²) in [5.74, 6) is 0.876. The van der Waals surface area contributed by atoms with E-state index in [-0.39, 0.29) is 11.1 Å². The van der Waals surface area contributed by atoms with E-state index in [1.165, 1.54) is 6.08 Å². The molecule has 0 aliphatic heterocycles. The van der Waals surface area contributed by atoms with Gasteiger partial charge in [-0.15, -0.1) is 0 Å². The van der Waals surface area contributed by atoms with Crippen molar-refractivity contribution < 1.29 is 18.9 Å². The van der Waals surface area contributed by atoms with E-state index in [4.69, 9.17) is 65.4 Å². The Kier molecular flexibility index (Phi) is 10.0. The third-order valence-corrected chi connectivity index (χ3v) is 3.24. The average molecular weight is 390 g/mol. The Labute approximate surface area is 149 Å². The van der Waals surface area contributed by atoms with Crippen LogP contribution in [0.4, 0.5) is 0 Å². The van der Waals surface area contributed by atoms with E-state index in [2.05, 4.69) is 0 Å². The second-order valence-corrected chi connectivity index (χ2v) is 5.80. The molecule has 124 valence electrons. The molecule has 0 spiro atoms. The van der Waals surface area contributed by atoms with E-state index < -0.39 is 0 Å². The molecular formula is C14H16Cl4O4. The highest BCUT2D eigenvalue weighted by atomic mass is 35.5. The molecule has 0 aliphatic carbocycles. The summed E-state index contributed by atoms with van der Waals surface area (Å²) in [4.78, 5) is 0. The molecule has 4 nitrogen and oxygen atoms in total. The van der Waals surface area contributed by atoms with Gasteiger partial charge in [0, 0.05) is 19.2 Å². The Morgan fingerprint density at radius 1 is 1.00 bits per heavy atom. The Bertz CT molecular complexity index is 467. The lowest BCUT2D eigenvalue weighted by Gasteiger charge is -2.12. The van der Waals surface area contributed by atoms with Gasteiger partial charge in [-0.05, 0) is 6.08 Å². The number of hydrogen-bond acceptors (Lipinski definition) is 4. The third-order valence-electron chi connectivity index (χ3n) is 2.37. The van der Waals surface area contributed by atoms with E-state index in [0.717, 1.165) is 0 Å². The van der Waals surface area contributed by atoms with Gasteiger partial charge in [0.05, 0.1) is 29.9 Å². The highest BCUT2D eigenvalue weighted by Gasteiger charge is 2.10. The number of hydrogen-bond donors (Lipinski definition) is 0. The number of rotatable bonds is 10. The zero-order valence-corrected chi connectivity index (χ0v) is 14.9. The first-order chi connectivity index (χ1) is 10.5. The van der Waals surface area contributed by atoms with Gasteiger partial charge in [-0.3, -0.25) is 0 Å². The topological polar surface area (TPSA) is 36.9 Å². The standard InChI is InChI=1S/C14H16Cl4O4/c1-19-4-5-20-6-7-22-14-11(15)8-10(9-12(14)16)21-3-2-13(17)18/h2,8-9H,3-7H2,1H3. The summed E-state index contributed by atoms with van der Waals surface area (Å²) in [5, 5.41) is 0.695. The lowest BCUT2D eigenvalue weighted by Crippen LogP contribution is -2.10. The molecule has 1 rings (SSSR count). The fraction of sp³-hybridized carbons (Fsp3) is 0.429. The van der Waals surface area contributed by atoms with Gasteiger partial charge >= 0.3 is 0 Å². The van der Waals surface area contributed by atoms with Crippen LogP contribution in [-0.4, -0.2) is 40.1 Å². The molecule has 0 saturated heterocycles. The molecule has 0 N–H and O–H groups in total. The van der Waals surface area contributed by atoms with Crippen molar-refractivity contribution in [2.75, 3.05) is 40.1 Å². The average Bonchev–Trinajstić information content (AvgIpc) is 2.44. The van der Waals surface area contributed by atoms with E-state index in [9.17, 15) is 0 Å². The zero-order valence-electron chi connectivity index (χ0n) is 11.9. The Hall–Kier alpha value is -0.360. The van der Waals surface area contributed by atoms with Crippen LogP contribution < -0.4 is 9.47 Å². The molecule has 8 heteroatoms. The minimum atomic E-state index is 0.130. The summed E-state index contributed by atoms with van der Waals surface area (Å²) in [6, 6.07) is 3.20. The maximum absolute atomic E-state index is 6.12. The van der Waals surface area contributed by atoms with E-state index in [1.54, 1.807) is 19.2 Å². The smallest absolute Gasteiger partial charge is 0.156 e. The molecule has 0 aromatic heterocycles. The predicted octanol–water partition coefficient (Wildman–Crippen LogP) is 4.73. The summed E-state index contributed by atoms with van der Waals surface area (Å²) in [6.07, 6.45) is 1.51. The number of ether oxygens (including phenoxy) is 4. The van der Waals surface area contributed by atoms with Crippen molar-refractivity contribution in [2.45, 2.75) is 0 Å². The van der Waals surface area contributed by atoms with Crippen LogP contribution in [0.2, 0.25) is 10.0 Å². The first-order valence-corrected chi connectivity index (χ1v) is 7.88. The van der Waals surface area contributed by atoms with Crippen LogP contribution in [0.5, 0.6) is 11.5 Å². The van der Waals surface area contributed by atoms with Crippen molar-refractivity contribution in [3.05, 3.63) is 32.7 Å². The van der Waals surface area contributed by atoms with Gasteiger partial charge in [0.1, 0.15) is 23.5 Å². The molecule has 0 aliphatic rings. The number of halogens is 4. The number of methoxy groups -OCH3 is 1. The summed E-state index contributed by atoms with van der Waals surface area (Å²) in [6.45, 7) is 1.99. The lowest BCUT2D eigenvalue weighted by molar-refractivity contribution is 0.0544. The van der Waals surface area contributed by atoms with Crippen LogP contribution in [0.3, 0.4) is 0 Å². The normalized spacial score (nSPS) is 10.4. The van der Waals surface area contributed by atoms with Gasteiger partial charge in [0.2, 0.25) is 0 Å². The lowest BCUT2D eigenvalue weighted by atomic mass is 10.3. The first kappa shape index (κ1) is 19.7. The van der Waals surface area contributed by atoms with Crippen LogP contribution in [-0.2, 0) is 9.47 Å².